The fraction of sp³-hybridized carbons (Fsp3) is 0.286. The number of aromatic nitrogens is 1. The SMILES string of the molecule is Cc1nc(C(F)F)c(S(=O)(=O)Cl)cc1O. The second-order valence-corrected chi connectivity index (χ2v) is 5.25. The molecule has 1 aromatic rings. The summed E-state index contributed by atoms with van der Waals surface area (Å²) in [6.07, 6.45) is -3.08. The number of hydrogen-bond donors (Lipinski definition) is 1. The highest BCUT2D eigenvalue weighted by molar-refractivity contribution is 8.13. The van der Waals surface area contributed by atoms with Crippen molar-refractivity contribution >= 4 is 19.7 Å². The second kappa shape index (κ2) is 3.90. The van der Waals surface area contributed by atoms with Gasteiger partial charge >= 0.3 is 0 Å². The molecule has 0 saturated carbocycles. The molecule has 1 N–H and O–H groups in total. The maximum absolute atomic E-state index is 12.4. The third kappa shape index (κ3) is 2.54. The first-order chi connectivity index (χ1) is 6.73. The third-order valence-electron chi connectivity index (χ3n) is 1.65. The van der Waals surface area contributed by atoms with Crippen molar-refractivity contribution in [2.24, 2.45) is 0 Å². The van der Waals surface area contributed by atoms with Crippen LogP contribution in [0.25, 0.3) is 0 Å². The summed E-state index contributed by atoms with van der Waals surface area (Å²) in [6, 6.07) is 0.659. The average Bonchev–Trinajstić information content (AvgIpc) is 2.06. The monoisotopic (exact) mass is 257 g/mol. The van der Waals surface area contributed by atoms with E-state index in [0.29, 0.717) is 6.07 Å². The van der Waals surface area contributed by atoms with Crippen LogP contribution in [0.15, 0.2) is 11.0 Å². The van der Waals surface area contributed by atoms with Gasteiger partial charge in [0.05, 0.1) is 5.69 Å². The van der Waals surface area contributed by atoms with Crippen molar-refractivity contribution in [1.29, 1.82) is 0 Å². The Balaban J connectivity index is 3.56. The molecule has 0 saturated heterocycles. The number of aromatic hydroxyl groups is 1. The first kappa shape index (κ1) is 12.1. The lowest BCUT2D eigenvalue weighted by Crippen LogP contribution is -2.03. The number of alkyl halides is 2. The van der Waals surface area contributed by atoms with Crippen molar-refractivity contribution in [2.45, 2.75) is 18.2 Å². The summed E-state index contributed by atoms with van der Waals surface area (Å²) in [5, 5.41) is 9.14. The van der Waals surface area contributed by atoms with Crippen LogP contribution < -0.4 is 0 Å². The summed E-state index contributed by atoms with van der Waals surface area (Å²) < 4.78 is 46.6. The number of halogens is 3. The molecule has 1 aromatic heterocycles. The number of hydrogen-bond acceptors (Lipinski definition) is 4. The Morgan fingerprint density at radius 1 is 1.53 bits per heavy atom. The molecule has 0 spiro atoms. The summed E-state index contributed by atoms with van der Waals surface area (Å²) in [7, 11) is 0.572. The fourth-order valence-corrected chi connectivity index (χ4v) is 1.95. The lowest BCUT2D eigenvalue weighted by Gasteiger charge is -2.07. The topological polar surface area (TPSA) is 67.3 Å². The molecular formula is C7H6ClF2NO3S. The van der Waals surface area contributed by atoms with Crippen molar-refractivity contribution < 1.29 is 22.3 Å². The van der Waals surface area contributed by atoms with Crippen LogP contribution >= 0.6 is 10.7 Å². The molecule has 1 heterocycles. The van der Waals surface area contributed by atoms with Gasteiger partial charge in [-0.1, -0.05) is 0 Å². The molecule has 8 heteroatoms. The molecule has 0 amide bonds. The fourth-order valence-electron chi connectivity index (χ4n) is 0.947. The van der Waals surface area contributed by atoms with Gasteiger partial charge < -0.3 is 5.11 Å². The highest BCUT2D eigenvalue weighted by Gasteiger charge is 2.25. The normalized spacial score (nSPS) is 12.1. The molecule has 0 atom stereocenters. The quantitative estimate of drug-likeness (QED) is 0.823. The molecule has 0 unspecified atom stereocenters. The largest absolute Gasteiger partial charge is 0.506 e. The van der Waals surface area contributed by atoms with E-state index in [4.69, 9.17) is 15.8 Å². The Morgan fingerprint density at radius 3 is 2.47 bits per heavy atom. The first-order valence-corrected chi connectivity index (χ1v) is 5.97. The van der Waals surface area contributed by atoms with E-state index in [1.165, 1.54) is 6.92 Å². The highest BCUT2D eigenvalue weighted by Crippen LogP contribution is 2.30. The van der Waals surface area contributed by atoms with Crippen LogP contribution in [-0.4, -0.2) is 18.5 Å². The Kier molecular flexibility index (Phi) is 3.15. The molecule has 4 nitrogen and oxygen atoms in total. The van der Waals surface area contributed by atoms with E-state index < -0.39 is 31.8 Å². The average molecular weight is 258 g/mol. The van der Waals surface area contributed by atoms with E-state index >= 15 is 0 Å². The van der Waals surface area contributed by atoms with Gasteiger partial charge in [0.25, 0.3) is 15.5 Å². The Labute approximate surface area is 88.9 Å². The van der Waals surface area contributed by atoms with Gasteiger partial charge in [-0.15, -0.1) is 0 Å². The molecule has 0 bridgehead atoms. The minimum absolute atomic E-state index is 0.0885. The van der Waals surface area contributed by atoms with Crippen LogP contribution in [0.1, 0.15) is 17.8 Å². The molecule has 1 rings (SSSR count). The summed E-state index contributed by atoms with van der Waals surface area (Å²) >= 11 is 0. The van der Waals surface area contributed by atoms with Gasteiger partial charge in [-0.3, -0.25) is 0 Å². The highest BCUT2D eigenvalue weighted by atomic mass is 35.7. The number of pyridine rings is 1. The Morgan fingerprint density at radius 2 is 2.07 bits per heavy atom. The van der Waals surface area contributed by atoms with E-state index in [-0.39, 0.29) is 5.69 Å². The zero-order valence-corrected chi connectivity index (χ0v) is 8.98. The zero-order chi connectivity index (χ0) is 11.8. The molecular weight excluding hydrogens is 252 g/mol. The minimum Gasteiger partial charge on any atom is -0.506 e. The van der Waals surface area contributed by atoms with Gasteiger partial charge in [-0.05, 0) is 6.92 Å². The van der Waals surface area contributed by atoms with Gasteiger partial charge in [0.1, 0.15) is 16.3 Å². The zero-order valence-electron chi connectivity index (χ0n) is 7.41. The lowest BCUT2D eigenvalue weighted by molar-refractivity contribution is 0.142. The van der Waals surface area contributed by atoms with Crippen LogP contribution in [0.3, 0.4) is 0 Å². The molecule has 0 aliphatic carbocycles. The number of aryl methyl sites for hydroxylation is 1. The maximum atomic E-state index is 12.4. The molecule has 84 valence electrons. The molecule has 0 fully saturated rings. The van der Waals surface area contributed by atoms with Gasteiger partial charge in [0.2, 0.25) is 0 Å². The predicted molar refractivity (Wildman–Crippen MR) is 48.6 cm³/mol. The summed E-state index contributed by atoms with van der Waals surface area (Å²) in [5.74, 6) is -0.501. The molecule has 0 aromatic carbocycles. The number of nitrogens with zero attached hydrogens (tertiary/aromatic N) is 1. The van der Waals surface area contributed by atoms with Crippen LogP contribution in [-0.2, 0) is 9.05 Å². The Bertz CT molecular complexity index is 489. The van der Waals surface area contributed by atoms with E-state index in [1.807, 2.05) is 0 Å². The van der Waals surface area contributed by atoms with Gasteiger partial charge in [-0.25, -0.2) is 22.2 Å². The van der Waals surface area contributed by atoms with Crippen molar-refractivity contribution in [3.8, 4) is 5.75 Å². The van der Waals surface area contributed by atoms with E-state index in [0.717, 1.165) is 0 Å². The summed E-state index contributed by atoms with van der Waals surface area (Å²) in [6.45, 7) is 1.27. The van der Waals surface area contributed by atoms with Crippen LogP contribution in [0, 0.1) is 6.92 Å². The van der Waals surface area contributed by atoms with Crippen LogP contribution in [0.5, 0.6) is 5.75 Å². The molecule has 15 heavy (non-hydrogen) atoms. The van der Waals surface area contributed by atoms with Gasteiger partial charge in [-0.2, -0.15) is 0 Å². The molecule has 0 aliphatic rings. The maximum Gasteiger partial charge on any atom is 0.281 e. The molecule has 0 radical (unpaired) electrons. The predicted octanol–water partition coefficient (Wildman–Crippen LogP) is 1.96. The van der Waals surface area contributed by atoms with E-state index in [9.17, 15) is 17.2 Å². The Hall–Kier alpha value is -0.950. The van der Waals surface area contributed by atoms with Crippen LogP contribution in [0.2, 0.25) is 0 Å². The minimum atomic E-state index is -4.35. The van der Waals surface area contributed by atoms with Gasteiger partial charge in [0.15, 0.2) is 0 Å². The van der Waals surface area contributed by atoms with Crippen molar-refractivity contribution in [3.05, 3.63) is 17.5 Å². The third-order valence-corrected chi connectivity index (χ3v) is 3.00. The second-order valence-electron chi connectivity index (χ2n) is 2.71. The number of rotatable bonds is 2. The van der Waals surface area contributed by atoms with E-state index in [1.54, 1.807) is 0 Å². The summed E-state index contributed by atoms with van der Waals surface area (Å²) in [5.41, 5.74) is -1.05. The van der Waals surface area contributed by atoms with Crippen molar-refractivity contribution in [3.63, 3.8) is 0 Å². The lowest BCUT2D eigenvalue weighted by atomic mass is 10.3. The van der Waals surface area contributed by atoms with E-state index in [2.05, 4.69) is 4.98 Å². The van der Waals surface area contributed by atoms with Gasteiger partial charge in [0, 0.05) is 16.7 Å². The van der Waals surface area contributed by atoms with Crippen molar-refractivity contribution in [1.82, 2.24) is 4.98 Å². The first-order valence-electron chi connectivity index (χ1n) is 3.67. The smallest absolute Gasteiger partial charge is 0.281 e. The van der Waals surface area contributed by atoms with Crippen molar-refractivity contribution in [2.75, 3.05) is 0 Å². The standard InChI is InChI=1S/C7H6ClF2NO3S/c1-3-4(12)2-5(15(8,13)14)6(11-3)7(9)10/h2,7,12H,1H3. The van der Waals surface area contributed by atoms with Crippen LogP contribution in [0.4, 0.5) is 8.78 Å². The summed E-state index contributed by atoms with van der Waals surface area (Å²) in [4.78, 5) is 2.40. The molecule has 0 aliphatic heterocycles.